The normalized spacial score (nSPS) is 24.3. The van der Waals surface area contributed by atoms with E-state index in [0.717, 1.165) is 34.2 Å². The van der Waals surface area contributed by atoms with Gasteiger partial charge in [-0.15, -0.1) is 0 Å². The number of carbonyl (C=O) groups is 3. The van der Waals surface area contributed by atoms with E-state index >= 15 is 0 Å². The van der Waals surface area contributed by atoms with E-state index in [1.165, 1.54) is 10.5 Å². The number of nitrogens with zero attached hydrogens (tertiary/aromatic N) is 1. The Kier molecular flexibility index (Phi) is 5.14. The quantitative estimate of drug-likeness (QED) is 0.354. The highest BCUT2D eigenvalue weighted by molar-refractivity contribution is 6.26. The van der Waals surface area contributed by atoms with Gasteiger partial charge in [-0.1, -0.05) is 85.3 Å². The average Bonchev–Trinajstić information content (AvgIpc) is 3.24. The number of aryl methyl sites for hydroxylation is 2. The van der Waals surface area contributed by atoms with Crippen molar-refractivity contribution < 1.29 is 14.4 Å². The molecule has 4 aromatic carbocycles. The van der Waals surface area contributed by atoms with Gasteiger partial charge < -0.3 is 5.32 Å². The first-order valence-electron chi connectivity index (χ1n) is 13.5. The van der Waals surface area contributed by atoms with Crippen molar-refractivity contribution in [3.63, 3.8) is 0 Å². The lowest BCUT2D eigenvalue weighted by atomic mass is 9.47. The fraction of sp³-hybridized carbons (Fsp3) is 0.206. The van der Waals surface area contributed by atoms with Gasteiger partial charge >= 0.3 is 0 Å². The van der Waals surface area contributed by atoms with Gasteiger partial charge in [-0.25, -0.2) is 4.90 Å². The van der Waals surface area contributed by atoms with Crippen molar-refractivity contribution in [2.24, 2.45) is 11.8 Å². The second kappa shape index (κ2) is 8.50. The fourth-order valence-electron chi connectivity index (χ4n) is 7.16. The van der Waals surface area contributed by atoms with E-state index in [4.69, 9.17) is 0 Å². The number of carbonyl (C=O) groups excluding carboxylic acids is 3. The molecule has 0 spiro atoms. The van der Waals surface area contributed by atoms with Gasteiger partial charge in [0.25, 0.3) is 0 Å². The predicted molar refractivity (Wildman–Crippen MR) is 151 cm³/mol. The van der Waals surface area contributed by atoms with E-state index in [2.05, 4.69) is 12.2 Å². The zero-order chi connectivity index (χ0) is 26.9. The molecule has 192 valence electrons. The Morgan fingerprint density at radius 1 is 0.795 bits per heavy atom. The Morgan fingerprint density at radius 2 is 1.38 bits per heavy atom. The van der Waals surface area contributed by atoms with E-state index in [9.17, 15) is 14.4 Å². The Balaban J connectivity index is 1.46. The SMILES string of the molecule is CCc1ccc(NC(=O)C23c4ccccc4C(c4ccccc42)[C@@H]2C(=O)N(c4ccc(C)cc4)C(=O)[C@H]23)cc1. The first kappa shape index (κ1) is 23.6. The molecule has 1 N–H and O–H groups in total. The average molecular weight is 513 g/mol. The molecule has 5 nitrogen and oxygen atoms in total. The van der Waals surface area contributed by atoms with Gasteiger partial charge in [-0.2, -0.15) is 0 Å². The summed E-state index contributed by atoms with van der Waals surface area (Å²) >= 11 is 0. The van der Waals surface area contributed by atoms with Gasteiger partial charge in [0, 0.05) is 11.6 Å². The molecule has 0 unspecified atom stereocenters. The van der Waals surface area contributed by atoms with E-state index in [-0.39, 0.29) is 23.6 Å². The summed E-state index contributed by atoms with van der Waals surface area (Å²) in [5.41, 5.74) is 5.59. The third-order valence-corrected chi connectivity index (χ3v) is 8.89. The van der Waals surface area contributed by atoms with Crippen LogP contribution < -0.4 is 10.2 Å². The van der Waals surface area contributed by atoms with Gasteiger partial charge in [-0.3, -0.25) is 14.4 Å². The minimum Gasteiger partial charge on any atom is -0.325 e. The number of nitrogens with one attached hydrogen (secondary N) is 1. The van der Waals surface area contributed by atoms with Gasteiger partial charge in [0.2, 0.25) is 17.7 Å². The Hall–Kier alpha value is -4.51. The number of hydrogen-bond acceptors (Lipinski definition) is 3. The number of amides is 3. The van der Waals surface area contributed by atoms with Crippen molar-refractivity contribution in [2.75, 3.05) is 10.2 Å². The van der Waals surface area contributed by atoms with Gasteiger partial charge in [0.05, 0.1) is 17.5 Å². The molecule has 1 heterocycles. The maximum atomic E-state index is 14.7. The third-order valence-electron chi connectivity index (χ3n) is 8.89. The molecule has 3 aliphatic carbocycles. The van der Waals surface area contributed by atoms with E-state index in [1.807, 2.05) is 104 Å². The number of benzene rings is 4. The van der Waals surface area contributed by atoms with Crippen LogP contribution in [0.25, 0.3) is 0 Å². The molecule has 5 heteroatoms. The lowest BCUT2D eigenvalue weighted by Crippen LogP contribution is -2.59. The minimum atomic E-state index is -1.35. The zero-order valence-electron chi connectivity index (χ0n) is 21.8. The number of rotatable bonds is 4. The number of hydrogen-bond donors (Lipinski definition) is 1. The van der Waals surface area contributed by atoms with Crippen LogP contribution in [-0.2, 0) is 26.2 Å². The van der Waals surface area contributed by atoms with Crippen LogP contribution in [-0.4, -0.2) is 17.7 Å². The first-order valence-corrected chi connectivity index (χ1v) is 13.5. The second-order valence-electron chi connectivity index (χ2n) is 10.8. The maximum Gasteiger partial charge on any atom is 0.240 e. The summed E-state index contributed by atoms with van der Waals surface area (Å²) in [6, 6.07) is 30.9. The lowest BCUT2D eigenvalue weighted by molar-refractivity contribution is -0.132. The molecule has 1 saturated heterocycles. The monoisotopic (exact) mass is 512 g/mol. The van der Waals surface area contributed by atoms with Gasteiger partial charge in [-0.05, 0) is 65.4 Å². The molecular weight excluding hydrogens is 484 g/mol. The van der Waals surface area contributed by atoms with E-state index < -0.39 is 17.3 Å². The molecule has 0 aromatic heterocycles. The summed E-state index contributed by atoms with van der Waals surface area (Å²) in [6.45, 7) is 4.06. The fourth-order valence-corrected chi connectivity index (χ4v) is 7.16. The van der Waals surface area contributed by atoms with Crippen molar-refractivity contribution in [1.29, 1.82) is 0 Å². The molecule has 39 heavy (non-hydrogen) atoms. The summed E-state index contributed by atoms with van der Waals surface area (Å²) < 4.78 is 0. The summed E-state index contributed by atoms with van der Waals surface area (Å²) in [5.74, 6) is -2.67. The highest BCUT2D eigenvalue weighted by Gasteiger charge is 2.71. The molecular formula is C34H28N2O3. The molecule has 1 fully saturated rings. The minimum absolute atomic E-state index is 0.243. The van der Waals surface area contributed by atoms with Gasteiger partial charge in [0.15, 0.2) is 0 Å². The van der Waals surface area contributed by atoms with Crippen LogP contribution in [0.1, 0.15) is 46.2 Å². The highest BCUT2D eigenvalue weighted by atomic mass is 16.2. The Bertz CT molecular complexity index is 1610. The Morgan fingerprint density at radius 3 is 1.97 bits per heavy atom. The summed E-state index contributed by atoms with van der Waals surface area (Å²) in [4.78, 5) is 44.7. The second-order valence-corrected chi connectivity index (χ2v) is 10.8. The van der Waals surface area contributed by atoms with E-state index in [0.29, 0.717) is 11.4 Å². The van der Waals surface area contributed by atoms with Crippen LogP contribution in [0.5, 0.6) is 0 Å². The molecule has 0 saturated carbocycles. The lowest BCUT2D eigenvalue weighted by Gasteiger charge is -2.52. The van der Waals surface area contributed by atoms with Crippen LogP contribution >= 0.6 is 0 Å². The van der Waals surface area contributed by atoms with E-state index in [1.54, 1.807) is 0 Å². The molecule has 3 amide bonds. The first-order chi connectivity index (χ1) is 19.0. The van der Waals surface area contributed by atoms with Crippen LogP contribution in [0.4, 0.5) is 11.4 Å². The molecule has 1 aliphatic heterocycles. The topological polar surface area (TPSA) is 66.5 Å². The molecule has 4 aromatic rings. The van der Waals surface area contributed by atoms with Crippen LogP contribution in [0.15, 0.2) is 97.1 Å². The molecule has 8 rings (SSSR count). The van der Waals surface area contributed by atoms with Crippen LogP contribution in [0.2, 0.25) is 0 Å². The van der Waals surface area contributed by atoms with Crippen molar-refractivity contribution >= 4 is 29.1 Å². The highest BCUT2D eigenvalue weighted by Crippen LogP contribution is 2.64. The summed E-state index contributed by atoms with van der Waals surface area (Å²) in [7, 11) is 0. The smallest absolute Gasteiger partial charge is 0.240 e. The van der Waals surface area contributed by atoms with Crippen LogP contribution in [0.3, 0.4) is 0 Å². The predicted octanol–water partition coefficient (Wildman–Crippen LogP) is 5.75. The molecule has 0 radical (unpaired) electrons. The van der Waals surface area contributed by atoms with Crippen molar-refractivity contribution in [3.05, 3.63) is 130 Å². The molecule has 4 aliphatic rings. The summed E-state index contributed by atoms with van der Waals surface area (Å²) in [5, 5.41) is 3.15. The largest absolute Gasteiger partial charge is 0.325 e. The summed E-state index contributed by atoms with van der Waals surface area (Å²) in [6.07, 6.45) is 0.898. The molecule has 2 atom stereocenters. The Labute approximate surface area is 227 Å². The zero-order valence-corrected chi connectivity index (χ0v) is 21.8. The number of imide groups is 1. The van der Waals surface area contributed by atoms with Crippen molar-refractivity contribution in [1.82, 2.24) is 0 Å². The number of anilines is 2. The standard InChI is InChI=1S/C34H28N2O3/c1-3-21-14-16-22(17-15-21)35-33(39)34-26-10-6-4-8-24(26)28(25-9-5-7-11-27(25)34)29-30(34)32(38)36(31(29)37)23-18-12-20(2)13-19-23/h4-19,28-30H,3H2,1-2H3,(H,35,39)/t28?,29-,30-,34?/m0/s1. The maximum absolute atomic E-state index is 14.7. The van der Waals surface area contributed by atoms with Crippen molar-refractivity contribution in [3.8, 4) is 0 Å². The van der Waals surface area contributed by atoms with Gasteiger partial charge in [0.1, 0.15) is 5.41 Å². The van der Waals surface area contributed by atoms with Crippen LogP contribution in [0, 0.1) is 18.8 Å². The third kappa shape index (κ3) is 3.10. The van der Waals surface area contributed by atoms with Crippen molar-refractivity contribution in [2.45, 2.75) is 31.6 Å². The molecule has 2 bridgehead atoms.